The summed E-state index contributed by atoms with van der Waals surface area (Å²) in [7, 11) is 6.24. The van der Waals surface area contributed by atoms with Gasteiger partial charge in [-0.25, -0.2) is 0 Å². The predicted molar refractivity (Wildman–Crippen MR) is 127 cm³/mol. The molecular weight excluding hydrogens is 354 g/mol. The highest BCUT2D eigenvalue weighted by Gasteiger charge is 2.10. The lowest BCUT2D eigenvalue weighted by Gasteiger charge is -2.20. The van der Waals surface area contributed by atoms with Gasteiger partial charge in [0.15, 0.2) is 0 Å². The Morgan fingerprint density at radius 1 is 1.10 bits per heavy atom. The van der Waals surface area contributed by atoms with Gasteiger partial charge in [0.25, 0.3) is 0 Å². The SMILES string of the molecule is CC.CC(C/C=C/C1=CCC=C(N(C)CCC#N)C=C1)c1ccccc1N(C)C. The Balaban J connectivity index is 0.00000204. The fraction of sp³-hybridized carbons (Fsp3) is 0.423. The Kier molecular flexibility index (Phi) is 11.3. The van der Waals surface area contributed by atoms with Gasteiger partial charge < -0.3 is 9.80 Å². The van der Waals surface area contributed by atoms with Crippen molar-refractivity contribution in [1.82, 2.24) is 4.90 Å². The molecule has 1 aliphatic rings. The molecule has 0 spiro atoms. The van der Waals surface area contributed by atoms with Crippen LogP contribution in [0.15, 0.2) is 72.0 Å². The molecule has 0 radical (unpaired) electrons. The normalized spacial score (nSPS) is 14.1. The molecule has 1 aromatic rings. The molecule has 1 unspecified atom stereocenters. The van der Waals surface area contributed by atoms with E-state index >= 15 is 0 Å². The summed E-state index contributed by atoms with van der Waals surface area (Å²) >= 11 is 0. The van der Waals surface area contributed by atoms with Crippen LogP contribution in [-0.4, -0.2) is 32.6 Å². The third-order valence-corrected chi connectivity index (χ3v) is 4.88. The average Bonchev–Trinajstić information content (AvgIpc) is 2.99. The summed E-state index contributed by atoms with van der Waals surface area (Å²) < 4.78 is 0. The first-order valence-corrected chi connectivity index (χ1v) is 10.6. The number of hydrogen-bond donors (Lipinski definition) is 0. The van der Waals surface area contributed by atoms with Crippen molar-refractivity contribution < 1.29 is 0 Å². The van der Waals surface area contributed by atoms with Crippen LogP contribution >= 0.6 is 0 Å². The number of para-hydroxylation sites is 1. The minimum absolute atomic E-state index is 0.473. The van der Waals surface area contributed by atoms with E-state index in [9.17, 15) is 0 Å². The monoisotopic (exact) mass is 391 g/mol. The molecule has 156 valence electrons. The zero-order valence-electron chi connectivity index (χ0n) is 19.0. The molecule has 29 heavy (non-hydrogen) atoms. The molecule has 0 aliphatic heterocycles. The number of anilines is 1. The molecule has 1 atom stereocenters. The summed E-state index contributed by atoms with van der Waals surface area (Å²) in [5.74, 6) is 0.473. The number of likely N-dealkylation sites (N-methyl/N-ethyl adjacent to an activating group) is 1. The van der Waals surface area contributed by atoms with E-state index in [0.717, 1.165) is 19.4 Å². The van der Waals surface area contributed by atoms with Gasteiger partial charge in [0.2, 0.25) is 0 Å². The minimum atomic E-state index is 0.473. The molecule has 0 aromatic heterocycles. The van der Waals surface area contributed by atoms with Gasteiger partial charge in [0.05, 0.1) is 12.5 Å². The number of allylic oxidation sites excluding steroid dienone is 7. The van der Waals surface area contributed by atoms with Gasteiger partial charge in [-0.2, -0.15) is 5.26 Å². The van der Waals surface area contributed by atoms with Gasteiger partial charge in [-0.05, 0) is 42.0 Å². The lowest BCUT2D eigenvalue weighted by atomic mass is 9.95. The zero-order valence-corrected chi connectivity index (χ0v) is 19.0. The fourth-order valence-corrected chi connectivity index (χ4v) is 3.23. The van der Waals surface area contributed by atoms with Crippen LogP contribution in [0.1, 0.15) is 51.5 Å². The largest absolute Gasteiger partial charge is 0.377 e. The predicted octanol–water partition coefficient (Wildman–Crippen LogP) is 6.44. The Morgan fingerprint density at radius 2 is 1.83 bits per heavy atom. The first kappa shape index (κ1) is 24.3. The van der Waals surface area contributed by atoms with Gasteiger partial charge in [0.1, 0.15) is 0 Å². The second kappa shape index (κ2) is 13.4. The van der Waals surface area contributed by atoms with Crippen LogP contribution in [-0.2, 0) is 0 Å². The van der Waals surface area contributed by atoms with Crippen molar-refractivity contribution in [2.45, 2.75) is 46.0 Å². The van der Waals surface area contributed by atoms with Crippen molar-refractivity contribution in [3.63, 3.8) is 0 Å². The highest BCUT2D eigenvalue weighted by Crippen LogP contribution is 2.29. The molecule has 0 bridgehead atoms. The van der Waals surface area contributed by atoms with Crippen molar-refractivity contribution in [1.29, 1.82) is 5.26 Å². The standard InChI is InChI=1S/C24H31N3.C2H6/c1-20(23-14-5-6-15-24(23)26(2)3)10-7-11-21-12-8-13-22(17-16-21)27(4)19-9-18-25;1-2/h5-7,11-17,20H,8-10,19H2,1-4H3;1-2H3/b11-7+;. The van der Waals surface area contributed by atoms with Crippen molar-refractivity contribution >= 4 is 5.69 Å². The van der Waals surface area contributed by atoms with Gasteiger partial charge in [-0.3, -0.25) is 0 Å². The lowest BCUT2D eigenvalue weighted by Crippen LogP contribution is -2.17. The maximum absolute atomic E-state index is 8.75. The molecular formula is C26H37N3. The maximum atomic E-state index is 8.75. The van der Waals surface area contributed by atoms with Gasteiger partial charge in [-0.1, -0.05) is 69.4 Å². The Bertz CT molecular complexity index is 775. The van der Waals surface area contributed by atoms with Crippen LogP contribution in [0.25, 0.3) is 0 Å². The summed E-state index contributed by atoms with van der Waals surface area (Å²) in [5.41, 5.74) is 5.10. The number of nitrogens with zero attached hydrogens (tertiary/aromatic N) is 3. The van der Waals surface area contributed by atoms with Crippen LogP contribution < -0.4 is 4.90 Å². The quantitative estimate of drug-likeness (QED) is 0.510. The van der Waals surface area contributed by atoms with E-state index in [0.29, 0.717) is 12.3 Å². The van der Waals surface area contributed by atoms with Crippen LogP contribution in [0.5, 0.6) is 0 Å². The van der Waals surface area contributed by atoms with Gasteiger partial charge in [-0.15, -0.1) is 0 Å². The topological polar surface area (TPSA) is 30.3 Å². The van der Waals surface area contributed by atoms with Crippen molar-refractivity contribution in [2.24, 2.45) is 0 Å². The lowest BCUT2D eigenvalue weighted by molar-refractivity contribution is 0.439. The highest BCUT2D eigenvalue weighted by atomic mass is 15.1. The third-order valence-electron chi connectivity index (χ3n) is 4.88. The van der Waals surface area contributed by atoms with Crippen molar-refractivity contribution in [3.05, 3.63) is 77.6 Å². The zero-order chi connectivity index (χ0) is 21.6. The summed E-state index contributed by atoms with van der Waals surface area (Å²) in [4.78, 5) is 4.32. The molecule has 0 fully saturated rings. The maximum Gasteiger partial charge on any atom is 0.0640 e. The molecule has 1 aliphatic carbocycles. The van der Waals surface area contributed by atoms with Crippen LogP contribution in [0.4, 0.5) is 5.69 Å². The molecule has 1 aromatic carbocycles. The highest BCUT2D eigenvalue weighted by molar-refractivity contribution is 5.54. The molecule has 0 saturated carbocycles. The Hall–Kier alpha value is -2.73. The second-order valence-electron chi connectivity index (χ2n) is 7.22. The van der Waals surface area contributed by atoms with E-state index in [2.05, 4.69) is 97.6 Å². The number of benzene rings is 1. The summed E-state index contributed by atoms with van der Waals surface area (Å²) in [6.45, 7) is 7.05. The van der Waals surface area contributed by atoms with Crippen molar-refractivity contribution in [2.75, 3.05) is 32.6 Å². The Morgan fingerprint density at radius 3 is 2.52 bits per heavy atom. The molecule has 0 saturated heterocycles. The first-order valence-electron chi connectivity index (χ1n) is 10.6. The van der Waals surface area contributed by atoms with E-state index in [4.69, 9.17) is 5.26 Å². The summed E-state index contributed by atoms with van der Waals surface area (Å²) in [6.07, 6.45) is 15.7. The fourth-order valence-electron chi connectivity index (χ4n) is 3.23. The first-order chi connectivity index (χ1) is 14.0. The molecule has 0 N–H and O–H groups in total. The van der Waals surface area contributed by atoms with E-state index in [1.807, 2.05) is 20.9 Å². The third kappa shape index (κ3) is 8.03. The van der Waals surface area contributed by atoms with Crippen LogP contribution in [0.3, 0.4) is 0 Å². The molecule has 2 rings (SSSR count). The second-order valence-corrected chi connectivity index (χ2v) is 7.22. The van der Waals surface area contributed by atoms with E-state index in [-0.39, 0.29) is 0 Å². The van der Waals surface area contributed by atoms with E-state index < -0.39 is 0 Å². The van der Waals surface area contributed by atoms with Crippen LogP contribution in [0.2, 0.25) is 0 Å². The number of rotatable bonds is 8. The number of hydrogen-bond acceptors (Lipinski definition) is 3. The molecule has 0 heterocycles. The van der Waals surface area contributed by atoms with Crippen LogP contribution in [0, 0.1) is 11.3 Å². The number of nitriles is 1. The van der Waals surface area contributed by atoms with Gasteiger partial charge in [0, 0.05) is 39.1 Å². The van der Waals surface area contributed by atoms with Gasteiger partial charge >= 0.3 is 0 Å². The average molecular weight is 392 g/mol. The van der Waals surface area contributed by atoms with Crippen molar-refractivity contribution in [3.8, 4) is 6.07 Å². The molecule has 3 nitrogen and oxygen atoms in total. The summed E-state index contributed by atoms with van der Waals surface area (Å²) in [5, 5.41) is 8.75. The minimum Gasteiger partial charge on any atom is -0.377 e. The van der Waals surface area contributed by atoms with E-state index in [1.165, 1.54) is 22.5 Å². The molecule has 0 amide bonds. The summed E-state index contributed by atoms with van der Waals surface area (Å²) in [6, 6.07) is 10.8. The molecule has 3 heteroatoms. The Labute approximate surface area is 178 Å². The smallest absolute Gasteiger partial charge is 0.0640 e. The van der Waals surface area contributed by atoms with E-state index in [1.54, 1.807) is 0 Å².